The van der Waals surface area contributed by atoms with E-state index in [4.69, 9.17) is 11.6 Å². The maximum absolute atomic E-state index is 12.6. The maximum Gasteiger partial charge on any atom is 0.240 e. The van der Waals surface area contributed by atoms with E-state index in [0.29, 0.717) is 17.1 Å². The smallest absolute Gasteiger partial charge is 0.240 e. The van der Waals surface area contributed by atoms with E-state index in [1.165, 1.54) is 12.1 Å². The van der Waals surface area contributed by atoms with Gasteiger partial charge in [-0.1, -0.05) is 48.7 Å². The lowest BCUT2D eigenvalue weighted by Gasteiger charge is -2.29. The van der Waals surface area contributed by atoms with Gasteiger partial charge in [-0.2, -0.15) is 0 Å². The molecule has 2 aromatic carbocycles. The van der Waals surface area contributed by atoms with Crippen LogP contribution in [-0.4, -0.2) is 20.7 Å². The number of hydrogen-bond acceptors (Lipinski definition) is 3. The summed E-state index contributed by atoms with van der Waals surface area (Å²) >= 11 is 5.85. The summed E-state index contributed by atoms with van der Waals surface area (Å²) in [6, 6.07) is 13.8. The minimum atomic E-state index is -3.57. The number of hydrogen-bond donors (Lipinski definition) is 1. The van der Waals surface area contributed by atoms with Gasteiger partial charge in [-0.25, -0.2) is 13.1 Å². The zero-order valence-electron chi connectivity index (χ0n) is 15.4. The lowest BCUT2D eigenvalue weighted by molar-refractivity contribution is 0.101. The van der Waals surface area contributed by atoms with Crippen molar-refractivity contribution in [3.05, 3.63) is 64.7 Å². The molecule has 4 nitrogen and oxygen atoms in total. The van der Waals surface area contributed by atoms with Gasteiger partial charge in [0.15, 0.2) is 5.78 Å². The van der Waals surface area contributed by atoms with E-state index in [9.17, 15) is 13.2 Å². The normalized spacial score (nSPS) is 16.4. The Bertz CT molecular complexity index is 899. The first kappa shape index (κ1) is 20.1. The number of benzene rings is 2. The Kier molecular flexibility index (Phi) is 6.04. The second-order valence-corrected chi connectivity index (χ2v) is 9.62. The van der Waals surface area contributed by atoms with Crippen molar-refractivity contribution < 1.29 is 13.2 Å². The SMILES string of the molecule is CC(=O)c1ccc(CC2(CNS(=O)(=O)c3ccc(Cl)cc3)CCCC2)cc1. The van der Waals surface area contributed by atoms with Crippen LogP contribution in [0.1, 0.15) is 48.5 Å². The summed E-state index contributed by atoms with van der Waals surface area (Å²) in [5, 5.41) is 0.509. The Balaban J connectivity index is 1.73. The average Bonchev–Trinajstić information content (AvgIpc) is 3.10. The summed E-state index contributed by atoms with van der Waals surface area (Å²) in [5.41, 5.74) is 1.74. The largest absolute Gasteiger partial charge is 0.295 e. The molecule has 2 aromatic rings. The first-order valence-corrected chi connectivity index (χ1v) is 11.0. The van der Waals surface area contributed by atoms with Gasteiger partial charge < -0.3 is 0 Å². The van der Waals surface area contributed by atoms with Gasteiger partial charge in [-0.05, 0) is 61.4 Å². The second kappa shape index (κ2) is 8.13. The minimum Gasteiger partial charge on any atom is -0.295 e. The Morgan fingerprint density at radius 3 is 2.19 bits per heavy atom. The van der Waals surface area contributed by atoms with Gasteiger partial charge in [0.1, 0.15) is 0 Å². The molecule has 0 aliphatic heterocycles. The van der Waals surface area contributed by atoms with Crippen molar-refractivity contribution in [3.63, 3.8) is 0 Å². The van der Waals surface area contributed by atoms with Crippen molar-refractivity contribution in [2.24, 2.45) is 5.41 Å². The van der Waals surface area contributed by atoms with Crippen LogP contribution < -0.4 is 4.72 Å². The van der Waals surface area contributed by atoms with Crippen LogP contribution in [-0.2, 0) is 16.4 Å². The number of carbonyl (C=O) groups excluding carboxylic acids is 1. The molecule has 0 aromatic heterocycles. The van der Waals surface area contributed by atoms with Crippen LogP contribution in [0.5, 0.6) is 0 Å². The van der Waals surface area contributed by atoms with Gasteiger partial charge in [0.05, 0.1) is 4.90 Å². The molecule has 0 spiro atoms. The predicted octanol–water partition coefficient (Wildman–Crippen LogP) is 4.62. The van der Waals surface area contributed by atoms with Crippen LogP contribution in [0, 0.1) is 5.41 Å². The molecular formula is C21H24ClNO3S. The molecule has 1 aliphatic rings. The van der Waals surface area contributed by atoms with Crippen LogP contribution in [0.4, 0.5) is 0 Å². The van der Waals surface area contributed by atoms with Gasteiger partial charge in [0, 0.05) is 17.1 Å². The molecule has 1 fully saturated rings. The lowest BCUT2D eigenvalue weighted by Crippen LogP contribution is -2.37. The van der Waals surface area contributed by atoms with Crippen molar-refractivity contribution in [1.29, 1.82) is 0 Å². The lowest BCUT2D eigenvalue weighted by atomic mass is 9.80. The zero-order valence-corrected chi connectivity index (χ0v) is 16.9. The zero-order chi connectivity index (χ0) is 19.5. The maximum atomic E-state index is 12.6. The predicted molar refractivity (Wildman–Crippen MR) is 108 cm³/mol. The number of sulfonamides is 1. The van der Waals surface area contributed by atoms with Gasteiger partial charge in [0.25, 0.3) is 0 Å². The quantitative estimate of drug-likeness (QED) is 0.683. The van der Waals surface area contributed by atoms with Gasteiger partial charge in [0.2, 0.25) is 10.0 Å². The van der Waals surface area contributed by atoms with E-state index in [1.807, 2.05) is 24.3 Å². The van der Waals surface area contributed by atoms with Crippen LogP contribution in [0.2, 0.25) is 5.02 Å². The van der Waals surface area contributed by atoms with E-state index in [0.717, 1.165) is 37.7 Å². The Hall–Kier alpha value is -1.69. The summed E-state index contributed by atoms with van der Waals surface area (Å²) in [7, 11) is -3.57. The average molecular weight is 406 g/mol. The highest BCUT2D eigenvalue weighted by atomic mass is 35.5. The van der Waals surface area contributed by atoms with Crippen LogP contribution in [0.25, 0.3) is 0 Å². The standard InChI is InChI=1S/C21H24ClNO3S/c1-16(24)18-6-4-17(5-7-18)14-21(12-2-3-13-21)15-23-27(25,26)20-10-8-19(22)9-11-20/h4-11,23H,2-3,12-15H2,1H3. The Labute approximate surface area is 166 Å². The number of nitrogens with one attached hydrogen (secondary N) is 1. The van der Waals surface area contributed by atoms with E-state index in [1.54, 1.807) is 19.1 Å². The van der Waals surface area contributed by atoms with Crippen molar-refractivity contribution in [2.45, 2.75) is 43.9 Å². The molecule has 6 heteroatoms. The van der Waals surface area contributed by atoms with Crippen molar-refractivity contribution in [3.8, 4) is 0 Å². The van der Waals surface area contributed by atoms with Gasteiger partial charge >= 0.3 is 0 Å². The first-order chi connectivity index (χ1) is 12.8. The van der Waals surface area contributed by atoms with E-state index < -0.39 is 10.0 Å². The molecule has 0 amide bonds. The highest BCUT2D eigenvalue weighted by Gasteiger charge is 2.35. The van der Waals surface area contributed by atoms with Crippen molar-refractivity contribution in [1.82, 2.24) is 4.72 Å². The molecule has 0 saturated heterocycles. The molecule has 1 N–H and O–H groups in total. The van der Waals surface area contributed by atoms with E-state index in [-0.39, 0.29) is 16.1 Å². The molecule has 1 aliphatic carbocycles. The first-order valence-electron chi connectivity index (χ1n) is 9.15. The molecule has 1 saturated carbocycles. The fourth-order valence-electron chi connectivity index (χ4n) is 3.78. The summed E-state index contributed by atoms with van der Waals surface area (Å²) < 4.78 is 28.0. The fourth-order valence-corrected chi connectivity index (χ4v) is 5.06. The molecule has 3 rings (SSSR count). The van der Waals surface area contributed by atoms with Gasteiger partial charge in [-0.3, -0.25) is 4.79 Å². The van der Waals surface area contributed by atoms with E-state index in [2.05, 4.69) is 4.72 Å². The van der Waals surface area contributed by atoms with Gasteiger partial charge in [-0.15, -0.1) is 0 Å². The summed E-state index contributed by atoms with van der Waals surface area (Å²) in [5.74, 6) is 0.0489. The summed E-state index contributed by atoms with van der Waals surface area (Å²) in [4.78, 5) is 11.7. The van der Waals surface area contributed by atoms with Crippen LogP contribution >= 0.6 is 11.6 Å². The number of carbonyl (C=O) groups is 1. The molecule has 27 heavy (non-hydrogen) atoms. The highest BCUT2D eigenvalue weighted by Crippen LogP contribution is 2.40. The fraction of sp³-hybridized carbons (Fsp3) is 0.381. The molecule has 0 heterocycles. The topological polar surface area (TPSA) is 63.2 Å². The third kappa shape index (κ3) is 4.98. The monoisotopic (exact) mass is 405 g/mol. The molecule has 144 valence electrons. The third-order valence-corrected chi connectivity index (χ3v) is 7.03. The highest BCUT2D eigenvalue weighted by molar-refractivity contribution is 7.89. The number of rotatable bonds is 7. The second-order valence-electron chi connectivity index (χ2n) is 7.42. The van der Waals surface area contributed by atoms with Crippen molar-refractivity contribution in [2.75, 3.05) is 6.54 Å². The summed E-state index contributed by atoms with van der Waals surface area (Å²) in [6.07, 6.45) is 4.99. The number of halogens is 1. The molecule has 0 unspecified atom stereocenters. The molecular weight excluding hydrogens is 382 g/mol. The molecule has 0 atom stereocenters. The minimum absolute atomic E-state index is 0.0489. The number of ketones is 1. The number of Topliss-reactive ketones (excluding diaryl/α,β-unsaturated/α-hetero) is 1. The van der Waals surface area contributed by atoms with E-state index >= 15 is 0 Å². The Morgan fingerprint density at radius 2 is 1.63 bits per heavy atom. The summed E-state index contributed by atoms with van der Waals surface area (Å²) in [6.45, 7) is 1.96. The Morgan fingerprint density at radius 1 is 1.04 bits per heavy atom. The third-order valence-electron chi connectivity index (χ3n) is 5.36. The molecule has 0 bridgehead atoms. The van der Waals surface area contributed by atoms with Crippen LogP contribution in [0.15, 0.2) is 53.4 Å². The van der Waals surface area contributed by atoms with Crippen molar-refractivity contribution >= 4 is 27.4 Å². The van der Waals surface area contributed by atoms with Crippen LogP contribution in [0.3, 0.4) is 0 Å². The molecule has 0 radical (unpaired) electrons.